The first-order chi connectivity index (χ1) is 8.56. The Morgan fingerprint density at radius 1 is 1.44 bits per heavy atom. The van der Waals surface area contributed by atoms with Gasteiger partial charge in [0.1, 0.15) is 5.82 Å². The fourth-order valence-electron chi connectivity index (χ4n) is 1.84. The number of non-ortho nitro benzene ring substituents is 1. The summed E-state index contributed by atoms with van der Waals surface area (Å²) >= 11 is 0. The number of rotatable bonds is 1. The average Bonchev–Trinajstić information content (AvgIpc) is 2.71. The Bertz CT molecular complexity index is 848. The van der Waals surface area contributed by atoms with Gasteiger partial charge in [-0.3, -0.25) is 10.1 Å². The van der Waals surface area contributed by atoms with Crippen molar-refractivity contribution in [1.82, 2.24) is 19.6 Å². The van der Waals surface area contributed by atoms with Crippen molar-refractivity contribution >= 4 is 22.2 Å². The van der Waals surface area contributed by atoms with E-state index >= 15 is 0 Å². The molecule has 0 aliphatic rings. The van der Waals surface area contributed by atoms with Crippen LogP contribution >= 0.6 is 0 Å². The zero-order valence-corrected chi connectivity index (χ0v) is 9.25. The molecule has 2 aromatic heterocycles. The van der Waals surface area contributed by atoms with E-state index in [2.05, 4.69) is 15.1 Å². The quantitative estimate of drug-likeness (QED) is 0.503. The van der Waals surface area contributed by atoms with Crippen molar-refractivity contribution in [2.45, 2.75) is 6.92 Å². The standard InChI is InChI=1S/C10H7N5O3/c1-5-11-9-7-4-6(15(17)18)2-3-8(7)12-10(16)14(9)13-5/h2-4H,1H3,(H,12,16). The van der Waals surface area contributed by atoms with Gasteiger partial charge in [0.25, 0.3) is 5.69 Å². The van der Waals surface area contributed by atoms with Crippen LogP contribution in [0.2, 0.25) is 0 Å². The second kappa shape index (κ2) is 3.36. The molecule has 0 bridgehead atoms. The molecule has 0 aliphatic carbocycles. The minimum atomic E-state index is -0.496. The highest BCUT2D eigenvalue weighted by Crippen LogP contribution is 2.21. The molecule has 0 radical (unpaired) electrons. The molecule has 3 aromatic rings. The van der Waals surface area contributed by atoms with E-state index in [9.17, 15) is 14.9 Å². The highest BCUT2D eigenvalue weighted by molar-refractivity contribution is 5.92. The maximum absolute atomic E-state index is 11.7. The molecule has 0 spiro atoms. The van der Waals surface area contributed by atoms with Crippen LogP contribution in [-0.4, -0.2) is 24.5 Å². The van der Waals surface area contributed by atoms with Crippen molar-refractivity contribution in [2.75, 3.05) is 0 Å². The van der Waals surface area contributed by atoms with Crippen molar-refractivity contribution < 1.29 is 4.92 Å². The number of hydrogen-bond donors (Lipinski definition) is 1. The number of nitrogens with zero attached hydrogens (tertiary/aromatic N) is 4. The normalized spacial score (nSPS) is 11.2. The average molecular weight is 245 g/mol. The summed E-state index contributed by atoms with van der Waals surface area (Å²) in [6.07, 6.45) is 0. The van der Waals surface area contributed by atoms with Crippen molar-refractivity contribution in [3.8, 4) is 0 Å². The number of aryl methyl sites for hydroxylation is 1. The van der Waals surface area contributed by atoms with E-state index in [0.717, 1.165) is 4.52 Å². The molecule has 0 saturated heterocycles. The predicted octanol–water partition coefficient (Wildman–Crippen LogP) is 0.787. The van der Waals surface area contributed by atoms with Crippen LogP contribution in [0.4, 0.5) is 5.69 Å². The van der Waals surface area contributed by atoms with Gasteiger partial charge in [-0.2, -0.15) is 4.52 Å². The first-order valence-corrected chi connectivity index (χ1v) is 5.10. The van der Waals surface area contributed by atoms with Crippen LogP contribution in [-0.2, 0) is 0 Å². The first-order valence-electron chi connectivity index (χ1n) is 5.10. The molecular weight excluding hydrogens is 238 g/mol. The first kappa shape index (κ1) is 10.4. The largest absolute Gasteiger partial charge is 0.348 e. The van der Waals surface area contributed by atoms with Crippen LogP contribution in [0.15, 0.2) is 23.0 Å². The van der Waals surface area contributed by atoms with Gasteiger partial charge >= 0.3 is 5.69 Å². The minimum Gasteiger partial charge on any atom is -0.305 e. The molecule has 0 atom stereocenters. The van der Waals surface area contributed by atoms with Crippen molar-refractivity contribution in [2.24, 2.45) is 0 Å². The Morgan fingerprint density at radius 3 is 2.94 bits per heavy atom. The van der Waals surface area contributed by atoms with Gasteiger partial charge in [-0.05, 0) is 13.0 Å². The fourth-order valence-corrected chi connectivity index (χ4v) is 1.84. The Kier molecular flexibility index (Phi) is 1.94. The van der Waals surface area contributed by atoms with Gasteiger partial charge in [-0.15, -0.1) is 5.10 Å². The van der Waals surface area contributed by atoms with E-state index in [1.807, 2.05) is 0 Å². The molecule has 18 heavy (non-hydrogen) atoms. The summed E-state index contributed by atoms with van der Waals surface area (Å²) in [5, 5.41) is 15.2. The zero-order chi connectivity index (χ0) is 12.9. The number of H-pyrrole nitrogens is 1. The predicted molar refractivity (Wildman–Crippen MR) is 62.5 cm³/mol. The summed E-state index contributed by atoms with van der Waals surface area (Å²) in [6.45, 7) is 1.65. The van der Waals surface area contributed by atoms with Crippen LogP contribution < -0.4 is 5.69 Å². The second-order valence-corrected chi connectivity index (χ2v) is 3.81. The number of fused-ring (bicyclic) bond motifs is 3. The molecule has 0 aliphatic heterocycles. The van der Waals surface area contributed by atoms with Crippen molar-refractivity contribution in [3.05, 3.63) is 44.6 Å². The summed E-state index contributed by atoms with van der Waals surface area (Å²) in [7, 11) is 0. The summed E-state index contributed by atoms with van der Waals surface area (Å²) in [4.78, 5) is 28.7. The number of aromatic amines is 1. The Balaban J connectivity index is 2.53. The van der Waals surface area contributed by atoms with E-state index in [-0.39, 0.29) is 5.69 Å². The highest BCUT2D eigenvalue weighted by Gasteiger charge is 2.12. The topological polar surface area (TPSA) is 106 Å². The number of nitro groups is 1. The van der Waals surface area contributed by atoms with Crippen molar-refractivity contribution in [3.63, 3.8) is 0 Å². The summed E-state index contributed by atoms with van der Waals surface area (Å²) in [5.41, 5.74) is 0.324. The summed E-state index contributed by atoms with van der Waals surface area (Å²) < 4.78 is 1.10. The molecular formula is C10H7N5O3. The van der Waals surface area contributed by atoms with E-state index in [1.165, 1.54) is 18.2 Å². The maximum Gasteiger partial charge on any atom is 0.348 e. The number of nitrogens with one attached hydrogen (secondary N) is 1. The van der Waals surface area contributed by atoms with E-state index in [0.29, 0.717) is 22.4 Å². The highest BCUT2D eigenvalue weighted by atomic mass is 16.6. The third-order valence-corrected chi connectivity index (χ3v) is 2.60. The SMILES string of the molecule is Cc1nc2c3cc([N+](=O)[O-])ccc3[nH]c(=O)n2n1. The molecule has 2 heterocycles. The Labute approximate surface area is 99.0 Å². The van der Waals surface area contributed by atoms with E-state index in [4.69, 9.17) is 0 Å². The van der Waals surface area contributed by atoms with Gasteiger partial charge < -0.3 is 4.98 Å². The molecule has 90 valence electrons. The lowest BCUT2D eigenvalue weighted by molar-refractivity contribution is -0.384. The van der Waals surface area contributed by atoms with E-state index in [1.54, 1.807) is 6.92 Å². The molecule has 1 aromatic carbocycles. The number of aromatic nitrogens is 4. The molecule has 3 rings (SSSR count). The van der Waals surface area contributed by atoms with Crippen LogP contribution in [0.5, 0.6) is 0 Å². The van der Waals surface area contributed by atoms with Gasteiger partial charge in [-0.25, -0.2) is 9.78 Å². The number of nitro benzene ring substituents is 1. The van der Waals surface area contributed by atoms with Gasteiger partial charge in [0.2, 0.25) is 0 Å². The monoisotopic (exact) mass is 245 g/mol. The van der Waals surface area contributed by atoms with Crippen LogP contribution in [0, 0.1) is 17.0 Å². The molecule has 8 heteroatoms. The molecule has 1 N–H and O–H groups in total. The molecule has 0 unspecified atom stereocenters. The third kappa shape index (κ3) is 1.35. The Hall–Kier alpha value is -2.77. The van der Waals surface area contributed by atoms with Crippen LogP contribution in [0.3, 0.4) is 0 Å². The molecule has 0 amide bonds. The lowest BCUT2D eigenvalue weighted by Crippen LogP contribution is -2.17. The summed E-state index contributed by atoms with van der Waals surface area (Å²) in [6, 6.07) is 4.19. The number of benzene rings is 1. The molecule has 0 fully saturated rings. The van der Waals surface area contributed by atoms with Gasteiger partial charge in [0.05, 0.1) is 10.4 Å². The second-order valence-electron chi connectivity index (χ2n) is 3.81. The van der Waals surface area contributed by atoms with Gasteiger partial charge in [0.15, 0.2) is 5.65 Å². The van der Waals surface area contributed by atoms with Crippen LogP contribution in [0.25, 0.3) is 16.6 Å². The molecule has 0 saturated carbocycles. The lowest BCUT2D eigenvalue weighted by Gasteiger charge is -1.99. The lowest BCUT2D eigenvalue weighted by atomic mass is 10.2. The smallest absolute Gasteiger partial charge is 0.305 e. The summed E-state index contributed by atoms with van der Waals surface area (Å²) in [5.74, 6) is 0.430. The van der Waals surface area contributed by atoms with Crippen LogP contribution in [0.1, 0.15) is 5.82 Å². The van der Waals surface area contributed by atoms with Crippen molar-refractivity contribution in [1.29, 1.82) is 0 Å². The number of hydrogen-bond acceptors (Lipinski definition) is 5. The third-order valence-electron chi connectivity index (χ3n) is 2.60. The zero-order valence-electron chi connectivity index (χ0n) is 9.25. The van der Waals surface area contributed by atoms with Gasteiger partial charge in [0, 0.05) is 17.5 Å². The Morgan fingerprint density at radius 2 is 2.22 bits per heavy atom. The fraction of sp³-hybridized carbons (Fsp3) is 0.100. The van der Waals surface area contributed by atoms with Gasteiger partial charge in [-0.1, -0.05) is 0 Å². The van der Waals surface area contributed by atoms with E-state index < -0.39 is 10.6 Å². The maximum atomic E-state index is 11.7. The molecule has 8 nitrogen and oxygen atoms in total. The minimum absolute atomic E-state index is 0.0582.